The van der Waals surface area contributed by atoms with Crippen molar-refractivity contribution in [1.29, 1.82) is 0 Å². The van der Waals surface area contributed by atoms with Crippen LogP contribution in [0, 0.1) is 12.8 Å². The van der Waals surface area contributed by atoms with Gasteiger partial charge < -0.3 is 9.47 Å². The second kappa shape index (κ2) is 4.57. The van der Waals surface area contributed by atoms with Crippen molar-refractivity contribution in [3.63, 3.8) is 0 Å². The molecule has 0 spiro atoms. The monoisotopic (exact) mass is 234 g/mol. The smallest absolute Gasteiger partial charge is 0.326 e. The number of esters is 2. The molecule has 1 atom stereocenters. The Morgan fingerprint density at radius 2 is 2.29 bits per heavy atom. The number of fused-ring (bicyclic) bond motifs is 1. The molecule has 0 fully saturated rings. The molecule has 4 heteroatoms. The molecule has 1 unspecified atom stereocenters. The molecule has 1 aromatic carbocycles. The van der Waals surface area contributed by atoms with E-state index in [1.165, 1.54) is 0 Å². The van der Waals surface area contributed by atoms with E-state index in [0.29, 0.717) is 12.2 Å². The minimum absolute atomic E-state index is 0.267. The Kier molecular flexibility index (Phi) is 3.13. The summed E-state index contributed by atoms with van der Waals surface area (Å²) in [6, 6.07) is 5.55. The predicted molar refractivity (Wildman–Crippen MR) is 60.6 cm³/mol. The van der Waals surface area contributed by atoms with Crippen molar-refractivity contribution in [3.05, 3.63) is 29.3 Å². The lowest BCUT2D eigenvalue weighted by Gasteiger charge is -2.22. The van der Waals surface area contributed by atoms with Gasteiger partial charge in [0.1, 0.15) is 5.75 Å². The number of carbonyl (C=O) groups is 2. The molecule has 1 aromatic rings. The molecule has 1 aliphatic heterocycles. The molecule has 0 saturated heterocycles. The average Bonchev–Trinajstić information content (AvgIpc) is 2.29. The van der Waals surface area contributed by atoms with E-state index >= 15 is 0 Å². The molecule has 0 bridgehead atoms. The largest absolute Gasteiger partial charge is 0.465 e. The Labute approximate surface area is 99.5 Å². The summed E-state index contributed by atoms with van der Waals surface area (Å²) in [4.78, 5) is 23.2. The van der Waals surface area contributed by atoms with Gasteiger partial charge in [0.2, 0.25) is 0 Å². The molecule has 0 aromatic heterocycles. The first-order chi connectivity index (χ1) is 8.11. The molecule has 0 saturated carbocycles. The predicted octanol–water partition coefficient (Wildman–Crippen LogP) is 1.64. The van der Waals surface area contributed by atoms with Crippen molar-refractivity contribution >= 4 is 11.9 Å². The normalized spacial score (nSPS) is 18.2. The molecule has 1 aliphatic rings. The molecule has 0 amide bonds. The molecule has 0 N–H and O–H groups in total. The van der Waals surface area contributed by atoms with Gasteiger partial charge in [-0.3, -0.25) is 9.59 Å². The zero-order valence-corrected chi connectivity index (χ0v) is 9.86. The van der Waals surface area contributed by atoms with Crippen LogP contribution in [0.2, 0.25) is 0 Å². The fraction of sp³-hybridized carbons (Fsp3) is 0.385. The maximum absolute atomic E-state index is 11.6. The van der Waals surface area contributed by atoms with E-state index < -0.39 is 17.9 Å². The SMILES string of the molecule is CCOC(=O)C1Cc2cc(C)ccc2OC1=O. The molecule has 90 valence electrons. The van der Waals surface area contributed by atoms with Gasteiger partial charge in [0.15, 0.2) is 5.92 Å². The van der Waals surface area contributed by atoms with Gasteiger partial charge in [0, 0.05) is 6.42 Å². The molecular formula is C13H14O4. The van der Waals surface area contributed by atoms with Crippen molar-refractivity contribution < 1.29 is 19.1 Å². The minimum atomic E-state index is -0.829. The van der Waals surface area contributed by atoms with E-state index in [1.54, 1.807) is 13.0 Å². The maximum atomic E-state index is 11.6. The second-order valence-corrected chi connectivity index (χ2v) is 4.04. The van der Waals surface area contributed by atoms with Crippen LogP contribution in [0.1, 0.15) is 18.1 Å². The Morgan fingerprint density at radius 3 is 3.00 bits per heavy atom. The standard InChI is InChI=1S/C13H14O4/c1-3-16-12(14)10-7-9-6-8(2)4-5-11(9)17-13(10)15/h4-6,10H,3,7H2,1-2H3. The molecule has 2 rings (SSSR count). The van der Waals surface area contributed by atoms with E-state index in [4.69, 9.17) is 9.47 Å². The van der Waals surface area contributed by atoms with E-state index in [1.807, 2.05) is 19.1 Å². The Morgan fingerprint density at radius 1 is 1.53 bits per heavy atom. The summed E-state index contributed by atoms with van der Waals surface area (Å²) in [6.07, 6.45) is 0.356. The van der Waals surface area contributed by atoms with Crippen molar-refractivity contribution in [1.82, 2.24) is 0 Å². The third kappa shape index (κ3) is 2.30. The van der Waals surface area contributed by atoms with E-state index in [9.17, 15) is 9.59 Å². The van der Waals surface area contributed by atoms with Crippen LogP contribution >= 0.6 is 0 Å². The Bertz CT molecular complexity index is 464. The highest BCUT2D eigenvalue weighted by atomic mass is 16.6. The Balaban J connectivity index is 2.25. The van der Waals surface area contributed by atoms with Crippen LogP contribution < -0.4 is 4.74 Å². The number of hydrogen-bond donors (Lipinski definition) is 0. The lowest BCUT2D eigenvalue weighted by atomic mass is 9.95. The molecule has 0 radical (unpaired) electrons. The van der Waals surface area contributed by atoms with Gasteiger partial charge in [-0.2, -0.15) is 0 Å². The number of carbonyl (C=O) groups excluding carboxylic acids is 2. The van der Waals surface area contributed by atoms with Gasteiger partial charge >= 0.3 is 11.9 Å². The van der Waals surface area contributed by atoms with Crippen LogP contribution in [0.3, 0.4) is 0 Å². The third-order valence-electron chi connectivity index (χ3n) is 2.71. The zero-order valence-electron chi connectivity index (χ0n) is 9.86. The number of hydrogen-bond acceptors (Lipinski definition) is 4. The summed E-state index contributed by atoms with van der Waals surface area (Å²) >= 11 is 0. The van der Waals surface area contributed by atoms with E-state index in [2.05, 4.69) is 0 Å². The van der Waals surface area contributed by atoms with Crippen molar-refractivity contribution in [2.45, 2.75) is 20.3 Å². The number of benzene rings is 1. The average molecular weight is 234 g/mol. The topological polar surface area (TPSA) is 52.6 Å². The highest BCUT2D eigenvalue weighted by molar-refractivity contribution is 5.97. The summed E-state index contributed by atoms with van der Waals surface area (Å²) in [7, 11) is 0. The Hall–Kier alpha value is -1.84. The number of rotatable bonds is 2. The van der Waals surface area contributed by atoms with Crippen LogP contribution in [0.25, 0.3) is 0 Å². The van der Waals surface area contributed by atoms with Gasteiger partial charge in [0.05, 0.1) is 6.61 Å². The van der Waals surface area contributed by atoms with Gasteiger partial charge in [-0.25, -0.2) is 0 Å². The van der Waals surface area contributed by atoms with Crippen molar-refractivity contribution in [2.75, 3.05) is 6.61 Å². The van der Waals surface area contributed by atoms with Crippen molar-refractivity contribution in [2.24, 2.45) is 5.92 Å². The summed E-state index contributed by atoms with van der Waals surface area (Å²) < 4.78 is 9.98. The lowest BCUT2D eigenvalue weighted by molar-refractivity contribution is -0.157. The van der Waals surface area contributed by atoms with Crippen LogP contribution in [-0.4, -0.2) is 18.5 Å². The number of aryl methyl sites for hydroxylation is 1. The highest BCUT2D eigenvalue weighted by Crippen LogP contribution is 2.29. The minimum Gasteiger partial charge on any atom is -0.465 e. The molecule has 1 heterocycles. The zero-order chi connectivity index (χ0) is 12.4. The quantitative estimate of drug-likeness (QED) is 0.443. The fourth-order valence-electron chi connectivity index (χ4n) is 1.87. The van der Waals surface area contributed by atoms with E-state index in [-0.39, 0.29) is 6.61 Å². The molecule has 0 aliphatic carbocycles. The highest BCUT2D eigenvalue weighted by Gasteiger charge is 2.35. The van der Waals surface area contributed by atoms with Gasteiger partial charge in [-0.1, -0.05) is 17.7 Å². The van der Waals surface area contributed by atoms with Crippen LogP contribution in [-0.2, 0) is 20.7 Å². The number of ether oxygens (including phenoxy) is 2. The molecular weight excluding hydrogens is 220 g/mol. The first-order valence-corrected chi connectivity index (χ1v) is 5.59. The third-order valence-corrected chi connectivity index (χ3v) is 2.71. The van der Waals surface area contributed by atoms with Crippen molar-refractivity contribution in [3.8, 4) is 5.75 Å². The van der Waals surface area contributed by atoms with Crippen LogP contribution in [0.5, 0.6) is 5.75 Å². The van der Waals surface area contributed by atoms with Gasteiger partial charge in [0.25, 0.3) is 0 Å². The summed E-state index contributed by atoms with van der Waals surface area (Å²) in [5.41, 5.74) is 1.95. The summed E-state index contributed by atoms with van der Waals surface area (Å²) in [5, 5.41) is 0. The summed E-state index contributed by atoms with van der Waals surface area (Å²) in [6.45, 7) is 3.93. The first-order valence-electron chi connectivity index (χ1n) is 5.59. The van der Waals surface area contributed by atoms with E-state index in [0.717, 1.165) is 11.1 Å². The lowest BCUT2D eigenvalue weighted by Crippen LogP contribution is -2.35. The molecule has 17 heavy (non-hydrogen) atoms. The summed E-state index contributed by atoms with van der Waals surface area (Å²) in [5.74, 6) is -1.32. The van der Waals surface area contributed by atoms with Crippen LogP contribution in [0.15, 0.2) is 18.2 Å². The van der Waals surface area contributed by atoms with Gasteiger partial charge in [-0.15, -0.1) is 0 Å². The molecule has 4 nitrogen and oxygen atoms in total. The first kappa shape index (κ1) is 11.6. The maximum Gasteiger partial charge on any atom is 0.326 e. The second-order valence-electron chi connectivity index (χ2n) is 4.04. The van der Waals surface area contributed by atoms with Crippen LogP contribution in [0.4, 0.5) is 0 Å². The fourth-order valence-corrected chi connectivity index (χ4v) is 1.87. The van der Waals surface area contributed by atoms with Gasteiger partial charge in [-0.05, 0) is 25.5 Å².